The molecule has 0 aliphatic heterocycles. The van der Waals surface area contributed by atoms with E-state index in [1.54, 1.807) is 38.1 Å². The van der Waals surface area contributed by atoms with Gasteiger partial charge in [0, 0.05) is 31.8 Å². The Balaban J connectivity index is 2.48. The molecule has 0 amide bonds. The average Bonchev–Trinajstić information content (AvgIpc) is 2.46. The van der Waals surface area contributed by atoms with E-state index in [-0.39, 0.29) is 5.82 Å². The quantitative estimate of drug-likeness (QED) is 0.889. The van der Waals surface area contributed by atoms with Crippen LogP contribution in [0.1, 0.15) is 12.6 Å². The van der Waals surface area contributed by atoms with Crippen LogP contribution in [0.2, 0.25) is 0 Å². The van der Waals surface area contributed by atoms with Gasteiger partial charge in [-0.25, -0.2) is 4.39 Å². The molecule has 1 N–H and O–H groups in total. The van der Waals surface area contributed by atoms with Crippen molar-refractivity contribution in [2.75, 3.05) is 25.6 Å². The van der Waals surface area contributed by atoms with Crippen LogP contribution in [0, 0.1) is 11.7 Å². The number of nitrogens with zero attached hydrogens (tertiary/aromatic N) is 2. The highest BCUT2D eigenvalue weighted by Gasteiger charge is 2.17. The van der Waals surface area contributed by atoms with Gasteiger partial charge in [0.2, 0.25) is 0 Å². The first-order valence-corrected chi connectivity index (χ1v) is 6.94. The number of benzene rings is 1. The van der Waals surface area contributed by atoms with Crippen molar-refractivity contribution in [3.8, 4) is 0 Å². The van der Waals surface area contributed by atoms with Crippen LogP contribution in [0.5, 0.6) is 0 Å². The van der Waals surface area contributed by atoms with Crippen LogP contribution in [0.15, 0.2) is 24.3 Å². The van der Waals surface area contributed by atoms with Gasteiger partial charge in [-0.2, -0.15) is 0 Å². The number of carbonyl (C=O) groups is 1. The second kappa shape index (κ2) is 6.70. The number of methoxy groups -OCH3 is 1. The number of ether oxygens (including phenoxy) is 1. The Morgan fingerprint density at radius 2 is 2.18 bits per heavy atom. The van der Waals surface area contributed by atoms with E-state index in [4.69, 9.17) is 9.84 Å². The smallest absolute Gasteiger partial charge is 0.308 e. The summed E-state index contributed by atoms with van der Waals surface area (Å²) in [6, 6.07) is 6.19. The van der Waals surface area contributed by atoms with Gasteiger partial charge < -0.3 is 14.7 Å². The zero-order valence-electron chi connectivity index (χ0n) is 12.8. The zero-order valence-corrected chi connectivity index (χ0v) is 12.8. The van der Waals surface area contributed by atoms with Crippen LogP contribution < -0.4 is 4.90 Å². The number of pyridine rings is 1. The molecule has 0 spiro atoms. The number of carboxylic acid groups (broad SMARTS) is 1. The summed E-state index contributed by atoms with van der Waals surface area (Å²) in [5, 5.41) is 9.71. The lowest BCUT2D eigenvalue weighted by atomic mass is 10.1. The van der Waals surface area contributed by atoms with Crippen molar-refractivity contribution in [3.63, 3.8) is 0 Å². The van der Waals surface area contributed by atoms with Gasteiger partial charge in [-0.05, 0) is 24.3 Å². The van der Waals surface area contributed by atoms with Crippen molar-refractivity contribution in [2.24, 2.45) is 5.92 Å². The van der Waals surface area contributed by atoms with Gasteiger partial charge in [-0.3, -0.25) is 9.78 Å². The summed E-state index contributed by atoms with van der Waals surface area (Å²) < 4.78 is 18.7. The first kappa shape index (κ1) is 16.2. The third-order valence-corrected chi connectivity index (χ3v) is 3.47. The lowest BCUT2D eigenvalue weighted by Crippen LogP contribution is -2.28. The van der Waals surface area contributed by atoms with Crippen LogP contribution >= 0.6 is 0 Å². The lowest BCUT2D eigenvalue weighted by Gasteiger charge is -2.23. The van der Waals surface area contributed by atoms with Crippen molar-refractivity contribution in [2.45, 2.75) is 13.5 Å². The molecule has 5 nitrogen and oxygen atoms in total. The molecule has 0 radical (unpaired) electrons. The van der Waals surface area contributed by atoms with E-state index < -0.39 is 11.9 Å². The summed E-state index contributed by atoms with van der Waals surface area (Å²) in [6.45, 7) is 2.29. The van der Waals surface area contributed by atoms with Crippen LogP contribution in [0.3, 0.4) is 0 Å². The Bertz CT molecular complexity index is 690. The number of rotatable bonds is 6. The molecular formula is C16H19FN2O3. The molecule has 0 bridgehead atoms. The number of anilines is 1. The molecule has 1 heterocycles. The predicted molar refractivity (Wildman–Crippen MR) is 82.5 cm³/mol. The molecule has 1 atom stereocenters. The van der Waals surface area contributed by atoms with E-state index in [1.165, 1.54) is 12.1 Å². The summed E-state index contributed by atoms with van der Waals surface area (Å²) in [6.07, 6.45) is 0. The van der Waals surface area contributed by atoms with Crippen LogP contribution in [-0.4, -0.2) is 36.8 Å². The van der Waals surface area contributed by atoms with Gasteiger partial charge in [-0.15, -0.1) is 0 Å². The number of aromatic nitrogens is 1. The monoisotopic (exact) mass is 306 g/mol. The highest BCUT2D eigenvalue weighted by molar-refractivity contribution is 5.92. The molecule has 22 heavy (non-hydrogen) atoms. The lowest BCUT2D eigenvalue weighted by molar-refractivity contribution is -0.140. The topological polar surface area (TPSA) is 62.7 Å². The second-order valence-corrected chi connectivity index (χ2v) is 5.35. The predicted octanol–water partition coefficient (Wildman–Crippen LogP) is 2.68. The highest BCUT2D eigenvalue weighted by Crippen LogP contribution is 2.27. The van der Waals surface area contributed by atoms with E-state index in [9.17, 15) is 9.18 Å². The summed E-state index contributed by atoms with van der Waals surface area (Å²) in [5.74, 6) is -1.75. The Labute approximate surface area is 128 Å². The van der Waals surface area contributed by atoms with Gasteiger partial charge in [0.05, 0.1) is 23.7 Å². The van der Waals surface area contributed by atoms with Crippen LogP contribution in [-0.2, 0) is 16.1 Å². The fraction of sp³-hybridized carbons (Fsp3) is 0.375. The molecule has 1 aromatic heterocycles. The van der Waals surface area contributed by atoms with E-state index >= 15 is 0 Å². The van der Waals surface area contributed by atoms with Gasteiger partial charge >= 0.3 is 5.97 Å². The normalized spacial score (nSPS) is 12.4. The number of hydrogen-bond donors (Lipinski definition) is 1. The summed E-state index contributed by atoms with van der Waals surface area (Å²) in [4.78, 5) is 17.3. The summed E-state index contributed by atoms with van der Waals surface area (Å²) >= 11 is 0. The number of aliphatic carboxylic acids is 1. The van der Waals surface area contributed by atoms with E-state index in [0.717, 1.165) is 5.69 Å². The largest absolute Gasteiger partial charge is 0.481 e. The Hall–Kier alpha value is -2.21. The molecular weight excluding hydrogens is 287 g/mol. The second-order valence-electron chi connectivity index (χ2n) is 5.35. The number of fused-ring (bicyclic) bond motifs is 1. The van der Waals surface area contributed by atoms with Crippen LogP contribution in [0.4, 0.5) is 10.1 Å². The van der Waals surface area contributed by atoms with E-state index in [2.05, 4.69) is 4.98 Å². The molecule has 0 aliphatic rings. The standard InChI is InChI=1S/C16H19FN2O3/c1-10(16(20)21)8-19(2)15-7-12(9-22-3)18-14-5-4-11(17)6-13(14)15/h4-7,10H,8-9H2,1-3H3,(H,20,21). The molecule has 0 aliphatic carbocycles. The SMILES string of the molecule is COCc1cc(N(C)CC(C)C(=O)O)c2cc(F)ccc2n1. The fourth-order valence-corrected chi connectivity index (χ4v) is 2.36. The van der Waals surface area contributed by atoms with Gasteiger partial charge in [0.25, 0.3) is 0 Å². The Morgan fingerprint density at radius 1 is 1.45 bits per heavy atom. The molecule has 0 fully saturated rings. The van der Waals surface area contributed by atoms with Gasteiger partial charge in [-0.1, -0.05) is 6.92 Å². The van der Waals surface area contributed by atoms with Crippen LogP contribution in [0.25, 0.3) is 10.9 Å². The van der Waals surface area contributed by atoms with Gasteiger partial charge in [0.15, 0.2) is 0 Å². The minimum atomic E-state index is -0.867. The maximum absolute atomic E-state index is 13.6. The molecule has 0 saturated carbocycles. The zero-order chi connectivity index (χ0) is 16.3. The maximum atomic E-state index is 13.6. The molecule has 1 unspecified atom stereocenters. The van der Waals surface area contributed by atoms with Crippen molar-refractivity contribution in [3.05, 3.63) is 35.8 Å². The summed E-state index contributed by atoms with van der Waals surface area (Å²) in [5.41, 5.74) is 2.11. The fourth-order valence-electron chi connectivity index (χ4n) is 2.36. The molecule has 1 aromatic carbocycles. The number of carboxylic acids is 1. The minimum Gasteiger partial charge on any atom is -0.481 e. The van der Waals surface area contributed by atoms with E-state index in [1.807, 2.05) is 0 Å². The third kappa shape index (κ3) is 3.51. The van der Waals surface area contributed by atoms with E-state index in [0.29, 0.717) is 29.7 Å². The first-order chi connectivity index (χ1) is 10.4. The Morgan fingerprint density at radius 3 is 2.82 bits per heavy atom. The Kier molecular flexibility index (Phi) is 4.92. The molecule has 6 heteroatoms. The van der Waals surface area contributed by atoms with Crippen molar-refractivity contribution < 1.29 is 19.0 Å². The minimum absolute atomic E-state index is 0.317. The first-order valence-electron chi connectivity index (χ1n) is 6.94. The molecule has 0 saturated heterocycles. The maximum Gasteiger partial charge on any atom is 0.308 e. The highest BCUT2D eigenvalue weighted by atomic mass is 19.1. The molecule has 2 aromatic rings. The summed E-state index contributed by atoms with van der Waals surface area (Å²) in [7, 11) is 3.36. The van der Waals surface area contributed by atoms with Crippen molar-refractivity contribution >= 4 is 22.6 Å². The van der Waals surface area contributed by atoms with Crippen molar-refractivity contribution in [1.29, 1.82) is 0 Å². The van der Waals surface area contributed by atoms with Gasteiger partial charge in [0.1, 0.15) is 5.82 Å². The molecule has 118 valence electrons. The average molecular weight is 306 g/mol. The molecule has 2 rings (SSSR count). The number of hydrogen-bond acceptors (Lipinski definition) is 4. The third-order valence-electron chi connectivity index (χ3n) is 3.47. The number of halogens is 1. The van der Waals surface area contributed by atoms with Crippen molar-refractivity contribution in [1.82, 2.24) is 4.98 Å².